The van der Waals surface area contributed by atoms with Crippen LogP contribution >= 0.6 is 0 Å². The molecule has 1 heterocycles. The highest BCUT2D eigenvalue weighted by Crippen LogP contribution is 2.38. The molecule has 7 heteroatoms. The highest BCUT2D eigenvalue weighted by molar-refractivity contribution is 6.56. The average Bonchev–Trinajstić information content (AvgIpc) is 2.97. The van der Waals surface area contributed by atoms with E-state index < -0.39 is 24.4 Å². The van der Waals surface area contributed by atoms with Crippen molar-refractivity contribution in [3.63, 3.8) is 0 Å². The first-order valence-electron chi connectivity index (χ1n) is 10.5. The third-order valence-electron chi connectivity index (χ3n) is 5.77. The van der Waals surface area contributed by atoms with Crippen LogP contribution < -0.4 is 11.1 Å². The fourth-order valence-corrected chi connectivity index (χ4v) is 3.11. The maximum Gasteiger partial charge on any atom is 0.492 e. The summed E-state index contributed by atoms with van der Waals surface area (Å²) in [5.41, 5.74) is 8.50. The van der Waals surface area contributed by atoms with Crippen LogP contribution in [0, 0.1) is 0 Å². The first kappa shape index (κ1) is 23.1. The van der Waals surface area contributed by atoms with Gasteiger partial charge in [-0.3, -0.25) is 0 Å². The van der Waals surface area contributed by atoms with Crippen molar-refractivity contribution in [3.05, 3.63) is 76.8 Å². The normalized spacial score (nSPS) is 17.5. The fraction of sp³-hybridized carbons (Fsp3) is 0.375. The quantitative estimate of drug-likeness (QED) is 0.657. The Morgan fingerprint density at radius 2 is 1.61 bits per heavy atom. The molecule has 0 bridgehead atoms. The van der Waals surface area contributed by atoms with Crippen molar-refractivity contribution in [1.29, 1.82) is 0 Å². The minimum atomic E-state index is -0.575. The lowest BCUT2D eigenvalue weighted by atomic mass is 9.77. The van der Waals surface area contributed by atoms with Gasteiger partial charge < -0.3 is 25.1 Å². The van der Waals surface area contributed by atoms with Crippen molar-refractivity contribution in [1.82, 2.24) is 5.32 Å². The van der Waals surface area contributed by atoms with E-state index in [-0.39, 0.29) is 13.2 Å². The minimum Gasteiger partial charge on any atom is -0.445 e. The summed E-state index contributed by atoms with van der Waals surface area (Å²) in [5.74, 6) is 0. The molecule has 0 spiro atoms. The number of carbonyl (C=O) groups is 1. The summed E-state index contributed by atoms with van der Waals surface area (Å²) in [5, 5.41) is 2.82. The van der Waals surface area contributed by atoms with Crippen LogP contribution in [0.3, 0.4) is 0 Å². The first-order chi connectivity index (χ1) is 14.7. The van der Waals surface area contributed by atoms with E-state index in [1.165, 1.54) is 0 Å². The number of ether oxygens (including phenoxy) is 1. The molecular formula is C24H31BN2O4. The average molecular weight is 422 g/mol. The third-order valence-corrected chi connectivity index (χ3v) is 5.77. The van der Waals surface area contributed by atoms with Crippen LogP contribution in [0.1, 0.15) is 44.4 Å². The predicted octanol–water partition coefficient (Wildman–Crippen LogP) is 4.09. The molecule has 0 atom stereocenters. The second kappa shape index (κ2) is 9.68. The van der Waals surface area contributed by atoms with Crippen LogP contribution in [-0.2, 0) is 27.2 Å². The van der Waals surface area contributed by atoms with Crippen LogP contribution in [0.15, 0.2) is 60.1 Å². The molecule has 3 rings (SSSR count). The van der Waals surface area contributed by atoms with Crippen LogP contribution in [0.5, 0.6) is 0 Å². The maximum atomic E-state index is 12.3. The molecule has 1 saturated heterocycles. The first-order valence-corrected chi connectivity index (χ1v) is 10.5. The van der Waals surface area contributed by atoms with Crippen LogP contribution in [-0.4, -0.2) is 31.0 Å². The topological polar surface area (TPSA) is 82.8 Å². The Kier molecular flexibility index (Phi) is 7.21. The van der Waals surface area contributed by atoms with E-state index in [9.17, 15) is 4.79 Å². The van der Waals surface area contributed by atoms with Crippen LogP contribution in [0.2, 0.25) is 0 Å². The van der Waals surface area contributed by atoms with E-state index in [4.69, 9.17) is 19.8 Å². The SMILES string of the molecule is CC1(C)OB(C(=Cc2ccc(CN)cc2)CNC(=O)OCc2ccccc2)OC1(C)C. The van der Waals surface area contributed by atoms with Crippen molar-refractivity contribution in [2.24, 2.45) is 5.73 Å². The summed E-state index contributed by atoms with van der Waals surface area (Å²) in [6, 6.07) is 17.5. The Balaban J connectivity index is 1.71. The largest absolute Gasteiger partial charge is 0.492 e. The Bertz CT molecular complexity index is 895. The van der Waals surface area contributed by atoms with Gasteiger partial charge in [0.1, 0.15) is 6.61 Å². The third kappa shape index (κ3) is 5.97. The number of alkyl carbamates (subject to hydrolysis) is 1. The van der Waals surface area contributed by atoms with Gasteiger partial charge >= 0.3 is 13.2 Å². The van der Waals surface area contributed by atoms with Crippen molar-refractivity contribution < 1.29 is 18.8 Å². The number of benzene rings is 2. The molecule has 6 nitrogen and oxygen atoms in total. The summed E-state index contributed by atoms with van der Waals surface area (Å²) < 4.78 is 17.7. The number of hydrogen-bond donors (Lipinski definition) is 2. The number of nitrogens with one attached hydrogen (secondary N) is 1. The minimum absolute atomic E-state index is 0.211. The van der Waals surface area contributed by atoms with Gasteiger partial charge in [-0.2, -0.15) is 0 Å². The van der Waals surface area contributed by atoms with Crippen molar-refractivity contribution in [2.75, 3.05) is 6.54 Å². The van der Waals surface area contributed by atoms with E-state index in [0.717, 1.165) is 22.2 Å². The number of rotatable bonds is 7. The van der Waals surface area contributed by atoms with Crippen molar-refractivity contribution in [2.45, 2.75) is 52.0 Å². The van der Waals surface area contributed by atoms with Crippen molar-refractivity contribution >= 4 is 19.3 Å². The van der Waals surface area contributed by atoms with Crippen molar-refractivity contribution in [3.8, 4) is 0 Å². The Hall–Kier alpha value is -2.61. The fourth-order valence-electron chi connectivity index (χ4n) is 3.11. The van der Waals surface area contributed by atoms with E-state index >= 15 is 0 Å². The molecule has 1 aliphatic rings. The molecule has 1 amide bonds. The summed E-state index contributed by atoms with van der Waals surface area (Å²) in [6.45, 7) is 8.95. The molecule has 0 aliphatic carbocycles. The predicted molar refractivity (Wildman–Crippen MR) is 123 cm³/mol. The van der Waals surface area contributed by atoms with Gasteiger partial charge in [0.15, 0.2) is 0 Å². The molecule has 0 radical (unpaired) electrons. The zero-order valence-electron chi connectivity index (χ0n) is 18.7. The van der Waals surface area contributed by atoms with Gasteiger partial charge in [0.05, 0.1) is 11.2 Å². The molecule has 31 heavy (non-hydrogen) atoms. The molecule has 2 aromatic carbocycles. The number of hydrogen-bond acceptors (Lipinski definition) is 5. The molecule has 1 aliphatic heterocycles. The lowest BCUT2D eigenvalue weighted by molar-refractivity contribution is 0.00578. The molecule has 0 saturated carbocycles. The second-order valence-corrected chi connectivity index (χ2v) is 8.67. The summed E-state index contributed by atoms with van der Waals surface area (Å²) in [4.78, 5) is 12.3. The highest BCUT2D eigenvalue weighted by Gasteiger charge is 2.52. The molecule has 3 N–H and O–H groups in total. The maximum absolute atomic E-state index is 12.3. The lowest BCUT2D eigenvalue weighted by Crippen LogP contribution is -2.41. The van der Waals surface area contributed by atoms with Gasteiger partial charge in [-0.15, -0.1) is 0 Å². The lowest BCUT2D eigenvalue weighted by Gasteiger charge is -2.32. The smallest absolute Gasteiger partial charge is 0.445 e. The molecule has 1 fully saturated rings. The van der Waals surface area contributed by atoms with Gasteiger partial charge in [-0.25, -0.2) is 4.79 Å². The zero-order chi connectivity index (χ0) is 22.5. The number of nitrogens with two attached hydrogens (primary N) is 1. The molecule has 0 unspecified atom stereocenters. The monoisotopic (exact) mass is 422 g/mol. The zero-order valence-corrected chi connectivity index (χ0v) is 18.7. The molecule has 0 aromatic heterocycles. The van der Waals surface area contributed by atoms with E-state index in [0.29, 0.717) is 6.54 Å². The second-order valence-electron chi connectivity index (χ2n) is 8.67. The summed E-state index contributed by atoms with van der Waals surface area (Å²) >= 11 is 0. The van der Waals surface area contributed by atoms with Crippen LogP contribution in [0.25, 0.3) is 6.08 Å². The van der Waals surface area contributed by atoms with Crippen LogP contribution in [0.4, 0.5) is 4.79 Å². The molecular weight excluding hydrogens is 391 g/mol. The Labute approximate surface area is 184 Å². The van der Waals surface area contributed by atoms with Gasteiger partial charge in [0.25, 0.3) is 0 Å². The van der Waals surface area contributed by atoms with E-state index in [1.807, 2.05) is 88.4 Å². The highest BCUT2D eigenvalue weighted by atomic mass is 16.7. The summed E-state index contributed by atoms with van der Waals surface area (Å²) in [7, 11) is -0.575. The standard InChI is InChI=1S/C24H31BN2O4/c1-23(2)24(3,4)31-25(30-23)21(14-18-10-12-19(15-26)13-11-18)16-27-22(28)29-17-20-8-6-5-7-9-20/h5-14H,15-17,26H2,1-4H3,(H,27,28). The molecule has 164 valence electrons. The number of carbonyl (C=O) groups excluding carboxylic acids is 1. The van der Waals surface area contributed by atoms with Gasteiger partial charge in [-0.05, 0) is 49.9 Å². The van der Waals surface area contributed by atoms with Gasteiger partial charge in [0, 0.05) is 13.1 Å². The Morgan fingerprint density at radius 3 is 2.19 bits per heavy atom. The van der Waals surface area contributed by atoms with E-state index in [1.54, 1.807) is 0 Å². The summed E-state index contributed by atoms with van der Waals surface area (Å²) in [6.07, 6.45) is 1.48. The van der Waals surface area contributed by atoms with E-state index in [2.05, 4.69) is 5.32 Å². The Morgan fingerprint density at radius 1 is 1.00 bits per heavy atom. The molecule has 2 aromatic rings. The van der Waals surface area contributed by atoms with Gasteiger partial charge in [-0.1, -0.05) is 60.7 Å². The van der Waals surface area contributed by atoms with Gasteiger partial charge in [0.2, 0.25) is 0 Å². The number of amides is 1.